The Hall–Kier alpha value is -3.13. The first kappa shape index (κ1) is 21.6. The lowest BCUT2D eigenvalue weighted by molar-refractivity contribution is -0.141. The van der Waals surface area contributed by atoms with E-state index in [1.165, 1.54) is 6.20 Å². The van der Waals surface area contributed by atoms with Crippen LogP contribution in [0.3, 0.4) is 0 Å². The number of halogens is 3. The minimum absolute atomic E-state index is 0.294. The lowest BCUT2D eigenvalue weighted by atomic mass is 10.1. The molecular weight excluding hydrogens is 393 g/mol. The number of carbonyl (C=O) groups excluding carboxylic acids is 1. The summed E-state index contributed by atoms with van der Waals surface area (Å²) in [6.07, 6.45) is -3.26. The second-order valence-electron chi connectivity index (χ2n) is 6.81. The molecule has 8 heteroatoms. The zero-order chi connectivity index (χ0) is 21.7. The third-order valence-electron chi connectivity index (χ3n) is 4.76. The van der Waals surface area contributed by atoms with Gasteiger partial charge in [0, 0.05) is 24.0 Å². The molecule has 3 rings (SSSR count). The van der Waals surface area contributed by atoms with Crippen LogP contribution in [-0.2, 0) is 12.7 Å². The molecule has 0 bridgehead atoms. The number of nitrogens with one attached hydrogen (secondary N) is 1. The van der Waals surface area contributed by atoms with Gasteiger partial charge in [0.2, 0.25) is 0 Å². The highest BCUT2D eigenvalue weighted by atomic mass is 19.4. The topological polar surface area (TPSA) is 50.2 Å². The van der Waals surface area contributed by atoms with Crippen LogP contribution in [0.5, 0.6) is 0 Å². The maximum atomic E-state index is 12.7. The summed E-state index contributed by atoms with van der Waals surface area (Å²) in [6, 6.07) is 14.8. The molecule has 0 aliphatic carbocycles. The predicted molar refractivity (Wildman–Crippen MR) is 110 cm³/mol. The number of hydrogen-bond acceptors (Lipinski definition) is 3. The van der Waals surface area contributed by atoms with Gasteiger partial charge in [-0.25, -0.2) is 4.68 Å². The third-order valence-corrected chi connectivity index (χ3v) is 4.76. The molecule has 0 radical (unpaired) electrons. The van der Waals surface area contributed by atoms with Crippen molar-refractivity contribution in [2.24, 2.45) is 0 Å². The van der Waals surface area contributed by atoms with E-state index in [4.69, 9.17) is 0 Å². The Balaban J connectivity index is 1.69. The van der Waals surface area contributed by atoms with E-state index in [0.29, 0.717) is 16.9 Å². The average molecular weight is 416 g/mol. The summed E-state index contributed by atoms with van der Waals surface area (Å²) in [7, 11) is 0. The van der Waals surface area contributed by atoms with Crippen molar-refractivity contribution in [2.75, 3.05) is 18.4 Å². The fraction of sp³-hybridized carbons (Fsp3) is 0.273. The average Bonchev–Trinajstić information content (AvgIpc) is 3.23. The highest BCUT2D eigenvalue weighted by molar-refractivity contribution is 6.04. The summed E-state index contributed by atoms with van der Waals surface area (Å²) in [4.78, 5) is 14.8. The summed E-state index contributed by atoms with van der Waals surface area (Å²) in [6.45, 7) is 6.90. The number of anilines is 1. The first-order chi connectivity index (χ1) is 14.3. The molecule has 30 heavy (non-hydrogen) atoms. The molecule has 158 valence electrons. The van der Waals surface area contributed by atoms with E-state index in [-0.39, 0.29) is 5.91 Å². The Morgan fingerprint density at radius 1 is 1.07 bits per heavy atom. The van der Waals surface area contributed by atoms with Crippen molar-refractivity contribution < 1.29 is 18.0 Å². The van der Waals surface area contributed by atoms with Crippen LogP contribution < -0.4 is 5.32 Å². The highest BCUT2D eigenvalue weighted by Gasteiger charge is 2.33. The number of benzene rings is 2. The fourth-order valence-electron chi connectivity index (χ4n) is 3.04. The van der Waals surface area contributed by atoms with Gasteiger partial charge in [0.15, 0.2) is 5.69 Å². The fourth-order valence-corrected chi connectivity index (χ4v) is 3.04. The van der Waals surface area contributed by atoms with Crippen LogP contribution in [0.25, 0.3) is 5.69 Å². The van der Waals surface area contributed by atoms with Crippen LogP contribution in [0.15, 0.2) is 60.8 Å². The van der Waals surface area contributed by atoms with E-state index in [0.717, 1.165) is 35.9 Å². The normalized spacial score (nSPS) is 11.7. The monoisotopic (exact) mass is 416 g/mol. The van der Waals surface area contributed by atoms with Crippen molar-refractivity contribution in [3.8, 4) is 5.69 Å². The molecule has 0 aliphatic heterocycles. The van der Waals surface area contributed by atoms with Crippen molar-refractivity contribution >= 4 is 11.6 Å². The summed E-state index contributed by atoms with van der Waals surface area (Å²) < 4.78 is 39.2. The lowest BCUT2D eigenvalue weighted by Crippen LogP contribution is -2.22. The molecule has 0 fully saturated rings. The zero-order valence-corrected chi connectivity index (χ0v) is 16.8. The van der Waals surface area contributed by atoms with Crippen molar-refractivity contribution in [2.45, 2.75) is 26.6 Å². The molecule has 0 atom stereocenters. The van der Waals surface area contributed by atoms with Gasteiger partial charge in [-0.3, -0.25) is 9.69 Å². The van der Waals surface area contributed by atoms with Gasteiger partial charge in [-0.1, -0.05) is 26.0 Å². The Bertz CT molecular complexity index is 992. The molecule has 1 N–H and O–H groups in total. The zero-order valence-electron chi connectivity index (χ0n) is 16.8. The van der Waals surface area contributed by atoms with E-state index in [2.05, 4.69) is 29.2 Å². The molecule has 0 unspecified atom stereocenters. The number of amides is 1. The van der Waals surface area contributed by atoms with Crippen LogP contribution in [-0.4, -0.2) is 33.7 Å². The van der Waals surface area contributed by atoms with Crippen molar-refractivity contribution in [3.63, 3.8) is 0 Å². The number of alkyl halides is 3. The molecule has 1 heterocycles. The van der Waals surface area contributed by atoms with Crippen LogP contribution in [0.1, 0.15) is 35.5 Å². The first-order valence-corrected chi connectivity index (χ1v) is 9.66. The summed E-state index contributed by atoms with van der Waals surface area (Å²) in [5.41, 5.74) is 1.66. The molecule has 2 aromatic carbocycles. The van der Waals surface area contributed by atoms with E-state index >= 15 is 0 Å². The Morgan fingerprint density at radius 2 is 1.77 bits per heavy atom. The smallest absolute Gasteiger partial charge is 0.322 e. The van der Waals surface area contributed by atoms with Gasteiger partial charge in [-0.2, -0.15) is 18.3 Å². The Morgan fingerprint density at radius 3 is 2.37 bits per heavy atom. The summed E-state index contributed by atoms with van der Waals surface area (Å²) in [5, 5.41) is 6.39. The predicted octanol–water partition coefficient (Wildman–Crippen LogP) is 4.99. The molecule has 1 amide bonds. The summed E-state index contributed by atoms with van der Waals surface area (Å²) in [5.74, 6) is -0.294. The number of rotatable bonds is 7. The van der Waals surface area contributed by atoms with Crippen LogP contribution >= 0.6 is 0 Å². The van der Waals surface area contributed by atoms with E-state index in [9.17, 15) is 18.0 Å². The van der Waals surface area contributed by atoms with Crippen molar-refractivity contribution in [1.29, 1.82) is 0 Å². The molecule has 0 saturated carbocycles. The number of aromatic nitrogens is 2. The molecule has 3 aromatic rings. The van der Waals surface area contributed by atoms with Crippen LogP contribution in [0.4, 0.5) is 18.9 Å². The Labute approximate surface area is 173 Å². The maximum Gasteiger partial charge on any atom is 0.435 e. The number of carbonyl (C=O) groups is 1. The molecule has 1 aromatic heterocycles. The van der Waals surface area contributed by atoms with Crippen LogP contribution in [0, 0.1) is 0 Å². The minimum atomic E-state index is -4.50. The molecule has 0 aliphatic rings. The molecule has 0 saturated heterocycles. The second-order valence-corrected chi connectivity index (χ2v) is 6.81. The van der Waals surface area contributed by atoms with Gasteiger partial charge in [0.25, 0.3) is 5.91 Å². The maximum absolute atomic E-state index is 12.7. The SMILES string of the molecule is CCN(CC)Cc1cccc(NC(=O)c2ccc(-n3ccc(C(F)(F)F)n3)cc2)c1. The number of hydrogen-bond donors (Lipinski definition) is 1. The van der Waals surface area contributed by atoms with Gasteiger partial charge in [0.1, 0.15) is 0 Å². The number of nitrogens with zero attached hydrogens (tertiary/aromatic N) is 3. The standard InChI is InChI=1S/C22H23F3N4O/c1-3-28(4-2)15-16-6-5-7-18(14-16)26-21(30)17-8-10-19(11-9-17)29-13-12-20(27-29)22(23,24)25/h5-14H,3-4,15H2,1-2H3,(H,26,30). The Kier molecular flexibility index (Phi) is 6.56. The molecule has 0 spiro atoms. The minimum Gasteiger partial charge on any atom is -0.322 e. The van der Waals surface area contributed by atoms with E-state index < -0.39 is 11.9 Å². The van der Waals surface area contributed by atoms with Crippen molar-refractivity contribution in [1.82, 2.24) is 14.7 Å². The van der Waals surface area contributed by atoms with Gasteiger partial charge < -0.3 is 5.32 Å². The summed E-state index contributed by atoms with van der Waals surface area (Å²) >= 11 is 0. The van der Waals surface area contributed by atoms with E-state index in [1.807, 2.05) is 24.3 Å². The van der Waals surface area contributed by atoms with Gasteiger partial charge in [-0.05, 0) is 61.1 Å². The second kappa shape index (κ2) is 9.13. The quantitative estimate of drug-likeness (QED) is 0.591. The molecule has 5 nitrogen and oxygen atoms in total. The molecular formula is C22H23F3N4O. The third kappa shape index (κ3) is 5.27. The van der Waals surface area contributed by atoms with Gasteiger partial charge in [0.05, 0.1) is 5.69 Å². The largest absolute Gasteiger partial charge is 0.435 e. The van der Waals surface area contributed by atoms with Crippen molar-refractivity contribution in [3.05, 3.63) is 77.6 Å². The first-order valence-electron chi connectivity index (χ1n) is 9.66. The lowest BCUT2D eigenvalue weighted by Gasteiger charge is -2.18. The highest BCUT2D eigenvalue weighted by Crippen LogP contribution is 2.28. The van der Waals surface area contributed by atoms with Gasteiger partial charge >= 0.3 is 6.18 Å². The van der Waals surface area contributed by atoms with Gasteiger partial charge in [-0.15, -0.1) is 0 Å². The van der Waals surface area contributed by atoms with Crippen LogP contribution in [0.2, 0.25) is 0 Å². The van der Waals surface area contributed by atoms with E-state index in [1.54, 1.807) is 24.3 Å².